The SMILES string of the molecule is Cc1[nH]nc2cc(C3(Cc4ccncc4)CCNC3=O)cc(Cc3ccccc3)c12. The Morgan fingerprint density at radius 3 is 2.57 bits per heavy atom. The number of nitrogens with zero attached hydrogens (tertiary/aromatic N) is 2. The van der Waals surface area contributed by atoms with E-state index in [-0.39, 0.29) is 5.91 Å². The van der Waals surface area contributed by atoms with E-state index in [1.165, 1.54) is 11.1 Å². The van der Waals surface area contributed by atoms with Gasteiger partial charge in [-0.05, 0) is 66.6 Å². The summed E-state index contributed by atoms with van der Waals surface area (Å²) in [7, 11) is 0. The second-order valence-corrected chi connectivity index (χ2v) is 8.16. The minimum atomic E-state index is -0.589. The number of aromatic amines is 1. The van der Waals surface area contributed by atoms with E-state index < -0.39 is 5.41 Å². The zero-order valence-corrected chi connectivity index (χ0v) is 17.0. The molecule has 4 aromatic rings. The van der Waals surface area contributed by atoms with Gasteiger partial charge in [0, 0.05) is 30.0 Å². The molecule has 5 nitrogen and oxygen atoms in total. The summed E-state index contributed by atoms with van der Waals surface area (Å²) >= 11 is 0. The standard InChI is InChI=1S/C25H24N4O/c1-17-23-20(13-18-5-3-2-4-6-18)14-21(15-22(23)29-28-17)25(9-12-27-24(25)30)16-19-7-10-26-11-8-19/h2-8,10-11,14-15H,9,12-13,16H2,1H3,(H,27,30)(H,28,29). The lowest BCUT2D eigenvalue weighted by atomic mass is 9.73. The number of rotatable bonds is 5. The summed E-state index contributed by atoms with van der Waals surface area (Å²) in [5.41, 5.74) is 5.99. The van der Waals surface area contributed by atoms with Crippen LogP contribution in [0.3, 0.4) is 0 Å². The van der Waals surface area contributed by atoms with Gasteiger partial charge in [0.05, 0.1) is 10.9 Å². The van der Waals surface area contributed by atoms with Crippen LogP contribution < -0.4 is 5.32 Å². The van der Waals surface area contributed by atoms with Crippen LogP contribution in [0.1, 0.15) is 34.4 Å². The van der Waals surface area contributed by atoms with Crippen molar-refractivity contribution in [2.24, 2.45) is 0 Å². The van der Waals surface area contributed by atoms with Crippen LogP contribution >= 0.6 is 0 Å². The first-order valence-electron chi connectivity index (χ1n) is 10.3. The highest BCUT2D eigenvalue weighted by Gasteiger charge is 2.44. The number of aryl methyl sites for hydroxylation is 1. The van der Waals surface area contributed by atoms with Gasteiger partial charge in [-0.25, -0.2) is 0 Å². The molecule has 1 atom stereocenters. The van der Waals surface area contributed by atoms with Gasteiger partial charge in [-0.3, -0.25) is 14.9 Å². The summed E-state index contributed by atoms with van der Waals surface area (Å²) < 4.78 is 0. The first kappa shape index (κ1) is 18.6. The Hall–Kier alpha value is -3.47. The summed E-state index contributed by atoms with van der Waals surface area (Å²) in [6, 6.07) is 18.8. The smallest absolute Gasteiger partial charge is 0.231 e. The first-order chi connectivity index (χ1) is 14.7. The lowest BCUT2D eigenvalue weighted by Gasteiger charge is -2.28. The van der Waals surface area contributed by atoms with E-state index in [1.54, 1.807) is 12.4 Å². The summed E-state index contributed by atoms with van der Waals surface area (Å²) in [4.78, 5) is 17.3. The Labute approximate surface area is 175 Å². The Balaban J connectivity index is 1.66. The summed E-state index contributed by atoms with van der Waals surface area (Å²) in [6.45, 7) is 2.74. The van der Waals surface area contributed by atoms with Gasteiger partial charge >= 0.3 is 0 Å². The van der Waals surface area contributed by atoms with Gasteiger partial charge in [0.2, 0.25) is 5.91 Å². The minimum absolute atomic E-state index is 0.0941. The molecule has 5 rings (SSSR count). The van der Waals surface area contributed by atoms with Gasteiger partial charge in [-0.1, -0.05) is 36.4 Å². The van der Waals surface area contributed by atoms with E-state index in [1.807, 2.05) is 18.2 Å². The van der Waals surface area contributed by atoms with Gasteiger partial charge in [-0.2, -0.15) is 5.10 Å². The minimum Gasteiger partial charge on any atom is -0.355 e. The van der Waals surface area contributed by atoms with Crippen LogP contribution in [0.2, 0.25) is 0 Å². The number of nitrogens with one attached hydrogen (secondary N) is 2. The largest absolute Gasteiger partial charge is 0.355 e. The fourth-order valence-corrected chi connectivity index (χ4v) is 4.71. The van der Waals surface area contributed by atoms with E-state index in [2.05, 4.69) is 63.8 Å². The lowest BCUT2D eigenvalue weighted by Crippen LogP contribution is -2.37. The average molecular weight is 396 g/mol. The van der Waals surface area contributed by atoms with Crippen molar-refractivity contribution in [1.82, 2.24) is 20.5 Å². The molecule has 2 aromatic heterocycles. The Kier molecular flexibility index (Phi) is 4.58. The Bertz CT molecular complexity index is 1200. The molecule has 1 unspecified atom stereocenters. The molecule has 0 spiro atoms. The van der Waals surface area contributed by atoms with Crippen LogP contribution in [0.25, 0.3) is 10.9 Å². The first-order valence-corrected chi connectivity index (χ1v) is 10.3. The van der Waals surface area contributed by atoms with E-state index >= 15 is 0 Å². The van der Waals surface area contributed by atoms with Crippen molar-refractivity contribution in [2.75, 3.05) is 6.54 Å². The normalized spacial score (nSPS) is 18.6. The lowest BCUT2D eigenvalue weighted by molar-refractivity contribution is -0.124. The Morgan fingerprint density at radius 1 is 1.03 bits per heavy atom. The number of benzene rings is 2. The summed E-state index contributed by atoms with van der Waals surface area (Å²) in [5, 5.41) is 11.9. The maximum absolute atomic E-state index is 13.2. The second-order valence-electron chi connectivity index (χ2n) is 8.16. The highest BCUT2D eigenvalue weighted by Crippen LogP contribution is 2.38. The van der Waals surface area contributed by atoms with Crippen LogP contribution in [0.15, 0.2) is 67.0 Å². The molecule has 1 saturated heterocycles. The molecule has 150 valence electrons. The molecule has 5 heteroatoms. The predicted octanol–water partition coefficient (Wildman–Crippen LogP) is 3.86. The fourth-order valence-electron chi connectivity index (χ4n) is 4.71. The highest BCUT2D eigenvalue weighted by atomic mass is 16.2. The van der Waals surface area contributed by atoms with E-state index in [0.717, 1.165) is 40.6 Å². The molecular weight excluding hydrogens is 372 g/mol. The van der Waals surface area contributed by atoms with Crippen LogP contribution in [0.4, 0.5) is 0 Å². The van der Waals surface area contributed by atoms with Crippen LogP contribution in [0, 0.1) is 6.92 Å². The average Bonchev–Trinajstić information content (AvgIpc) is 3.33. The van der Waals surface area contributed by atoms with Crippen molar-refractivity contribution in [3.8, 4) is 0 Å². The topological polar surface area (TPSA) is 70.7 Å². The van der Waals surface area contributed by atoms with Crippen LogP contribution in [-0.2, 0) is 23.1 Å². The number of aromatic nitrogens is 3. The monoisotopic (exact) mass is 396 g/mol. The number of carbonyl (C=O) groups is 1. The quantitative estimate of drug-likeness (QED) is 0.538. The highest BCUT2D eigenvalue weighted by molar-refractivity contribution is 5.93. The van der Waals surface area contributed by atoms with Crippen LogP contribution in [-0.4, -0.2) is 27.6 Å². The maximum atomic E-state index is 13.2. The van der Waals surface area contributed by atoms with Crippen molar-refractivity contribution < 1.29 is 4.79 Å². The number of carbonyl (C=O) groups excluding carboxylic acids is 1. The van der Waals surface area contributed by atoms with Crippen molar-refractivity contribution in [1.29, 1.82) is 0 Å². The third-order valence-electron chi connectivity index (χ3n) is 6.24. The molecule has 0 bridgehead atoms. The molecule has 1 aliphatic rings. The predicted molar refractivity (Wildman–Crippen MR) is 117 cm³/mol. The third kappa shape index (κ3) is 3.16. The molecule has 3 heterocycles. The fraction of sp³-hybridized carbons (Fsp3) is 0.240. The summed E-state index contributed by atoms with van der Waals surface area (Å²) in [6.07, 6.45) is 5.81. The molecule has 2 aromatic carbocycles. The molecule has 1 fully saturated rings. The summed E-state index contributed by atoms with van der Waals surface area (Å²) in [5.74, 6) is 0.0941. The van der Waals surface area contributed by atoms with E-state index in [4.69, 9.17) is 0 Å². The van der Waals surface area contributed by atoms with Crippen molar-refractivity contribution >= 4 is 16.8 Å². The molecule has 2 N–H and O–H groups in total. The van der Waals surface area contributed by atoms with Crippen LogP contribution in [0.5, 0.6) is 0 Å². The Morgan fingerprint density at radius 2 is 1.83 bits per heavy atom. The van der Waals surface area contributed by atoms with Gasteiger partial charge in [0.25, 0.3) is 0 Å². The number of amides is 1. The molecule has 30 heavy (non-hydrogen) atoms. The van der Waals surface area contributed by atoms with E-state index in [0.29, 0.717) is 13.0 Å². The zero-order valence-electron chi connectivity index (χ0n) is 17.0. The van der Waals surface area contributed by atoms with Gasteiger partial charge in [-0.15, -0.1) is 0 Å². The molecular formula is C25H24N4O. The number of H-pyrrole nitrogens is 1. The second kappa shape index (κ2) is 7.41. The van der Waals surface area contributed by atoms with E-state index in [9.17, 15) is 4.79 Å². The molecule has 1 aliphatic heterocycles. The molecule has 1 amide bonds. The van der Waals surface area contributed by atoms with Gasteiger partial charge < -0.3 is 5.32 Å². The number of hydrogen-bond acceptors (Lipinski definition) is 3. The van der Waals surface area contributed by atoms with Crippen molar-refractivity contribution in [3.05, 3.63) is 94.9 Å². The van der Waals surface area contributed by atoms with Crippen molar-refractivity contribution in [3.63, 3.8) is 0 Å². The molecule has 0 saturated carbocycles. The number of fused-ring (bicyclic) bond motifs is 1. The van der Waals surface area contributed by atoms with Gasteiger partial charge in [0.1, 0.15) is 0 Å². The van der Waals surface area contributed by atoms with Gasteiger partial charge in [0.15, 0.2) is 0 Å². The molecule has 0 aliphatic carbocycles. The number of hydrogen-bond donors (Lipinski definition) is 2. The third-order valence-corrected chi connectivity index (χ3v) is 6.24. The van der Waals surface area contributed by atoms with Crippen molar-refractivity contribution in [2.45, 2.75) is 31.6 Å². The zero-order chi connectivity index (χ0) is 20.6. The number of pyridine rings is 1. The maximum Gasteiger partial charge on any atom is 0.231 e. The molecule has 0 radical (unpaired) electrons.